The summed E-state index contributed by atoms with van der Waals surface area (Å²) in [5.41, 5.74) is 0. The molecule has 0 aromatic heterocycles. The number of hydrogen-bond donors (Lipinski definition) is 1. The molecule has 1 saturated heterocycles. The molecular weight excluding hydrogens is 152 g/mol. The summed E-state index contributed by atoms with van der Waals surface area (Å²) in [6.07, 6.45) is 2.86. The molecule has 1 aliphatic heterocycles. The van der Waals surface area contributed by atoms with Gasteiger partial charge < -0.3 is 9.84 Å². The van der Waals surface area contributed by atoms with E-state index in [0.29, 0.717) is 5.92 Å². The van der Waals surface area contributed by atoms with E-state index in [1.54, 1.807) is 0 Å². The molecule has 74 valence electrons. The zero-order chi connectivity index (χ0) is 9.56. The fourth-order valence-corrected chi connectivity index (χ4v) is 1.39. The number of aliphatic hydroxyl groups is 1. The Morgan fingerprint density at radius 2 is 1.75 bits per heavy atom. The van der Waals surface area contributed by atoms with Gasteiger partial charge in [-0.15, -0.1) is 0 Å². The SMILES string of the molecule is CCC.C[C@@H]1C[C@H](C)O[C@@H](O)C1. The Morgan fingerprint density at radius 3 is 2.08 bits per heavy atom. The third-order valence-electron chi connectivity index (χ3n) is 1.73. The van der Waals surface area contributed by atoms with Crippen LogP contribution in [-0.4, -0.2) is 17.5 Å². The van der Waals surface area contributed by atoms with Crippen LogP contribution in [0.5, 0.6) is 0 Å². The van der Waals surface area contributed by atoms with Crippen molar-refractivity contribution in [1.29, 1.82) is 0 Å². The highest BCUT2D eigenvalue weighted by atomic mass is 16.6. The van der Waals surface area contributed by atoms with Crippen molar-refractivity contribution in [3.63, 3.8) is 0 Å². The maximum absolute atomic E-state index is 9.03. The summed E-state index contributed by atoms with van der Waals surface area (Å²) in [5, 5.41) is 9.03. The largest absolute Gasteiger partial charge is 0.368 e. The first-order valence-corrected chi connectivity index (χ1v) is 4.93. The minimum Gasteiger partial charge on any atom is -0.368 e. The van der Waals surface area contributed by atoms with Crippen molar-refractivity contribution in [2.75, 3.05) is 0 Å². The molecule has 1 heterocycles. The minimum atomic E-state index is -0.510. The molecule has 12 heavy (non-hydrogen) atoms. The third kappa shape index (κ3) is 5.56. The van der Waals surface area contributed by atoms with Crippen LogP contribution < -0.4 is 0 Å². The number of aliphatic hydroxyl groups excluding tert-OH is 1. The van der Waals surface area contributed by atoms with E-state index in [-0.39, 0.29) is 6.10 Å². The molecule has 0 spiro atoms. The van der Waals surface area contributed by atoms with E-state index >= 15 is 0 Å². The molecule has 2 heteroatoms. The molecule has 1 aliphatic rings. The van der Waals surface area contributed by atoms with E-state index in [1.807, 2.05) is 6.92 Å². The second kappa shape index (κ2) is 6.44. The normalized spacial score (nSPS) is 35.2. The minimum absolute atomic E-state index is 0.240. The molecule has 0 saturated carbocycles. The predicted molar refractivity (Wildman–Crippen MR) is 50.9 cm³/mol. The molecule has 1 rings (SSSR count). The second-order valence-electron chi connectivity index (χ2n) is 3.69. The predicted octanol–water partition coefficient (Wildman–Crippen LogP) is 2.56. The number of rotatable bonds is 0. The van der Waals surface area contributed by atoms with Gasteiger partial charge in [-0.1, -0.05) is 27.2 Å². The fraction of sp³-hybridized carbons (Fsp3) is 1.00. The van der Waals surface area contributed by atoms with E-state index in [4.69, 9.17) is 9.84 Å². The molecule has 0 bridgehead atoms. The first-order valence-electron chi connectivity index (χ1n) is 4.93. The summed E-state index contributed by atoms with van der Waals surface area (Å²) in [6.45, 7) is 8.39. The molecule has 0 aromatic rings. The lowest BCUT2D eigenvalue weighted by Gasteiger charge is -2.28. The Balaban J connectivity index is 0.000000354. The standard InChI is InChI=1S/C7H14O2.C3H8/c1-5-3-6(2)9-7(8)4-5;1-3-2/h5-8H,3-4H2,1-2H3;3H2,1-2H3/t5-,6+,7-;/m1./s1. The molecule has 0 aliphatic carbocycles. The lowest BCUT2D eigenvalue weighted by atomic mass is 9.98. The molecule has 0 unspecified atom stereocenters. The molecule has 0 amide bonds. The van der Waals surface area contributed by atoms with E-state index in [1.165, 1.54) is 6.42 Å². The van der Waals surface area contributed by atoms with Gasteiger partial charge in [0.05, 0.1) is 6.10 Å². The van der Waals surface area contributed by atoms with Crippen LogP contribution in [0.3, 0.4) is 0 Å². The quantitative estimate of drug-likeness (QED) is 0.611. The number of hydrogen-bond acceptors (Lipinski definition) is 2. The van der Waals surface area contributed by atoms with E-state index < -0.39 is 6.29 Å². The molecule has 0 radical (unpaired) electrons. The van der Waals surface area contributed by atoms with Crippen LogP contribution in [-0.2, 0) is 4.74 Å². The Hall–Kier alpha value is -0.0800. The van der Waals surface area contributed by atoms with Crippen molar-refractivity contribution in [3.8, 4) is 0 Å². The molecule has 1 fully saturated rings. The van der Waals surface area contributed by atoms with Crippen molar-refractivity contribution >= 4 is 0 Å². The Morgan fingerprint density at radius 1 is 1.25 bits per heavy atom. The Kier molecular flexibility index (Phi) is 6.39. The van der Waals surface area contributed by atoms with Crippen LogP contribution >= 0.6 is 0 Å². The molecule has 3 atom stereocenters. The lowest BCUT2D eigenvalue weighted by Crippen LogP contribution is -2.29. The highest BCUT2D eigenvalue weighted by molar-refractivity contribution is 4.66. The van der Waals surface area contributed by atoms with Crippen molar-refractivity contribution in [1.82, 2.24) is 0 Å². The van der Waals surface area contributed by atoms with Gasteiger partial charge in [0, 0.05) is 6.42 Å². The van der Waals surface area contributed by atoms with Crippen molar-refractivity contribution in [2.24, 2.45) is 5.92 Å². The van der Waals surface area contributed by atoms with Gasteiger partial charge >= 0.3 is 0 Å². The number of ether oxygens (including phenoxy) is 1. The van der Waals surface area contributed by atoms with Crippen LogP contribution in [0.25, 0.3) is 0 Å². The van der Waals surface area contributed by atoms with Gasteiger partial charge in [-0.2, -0.15) is 0 Å². The average molecular weight is 174 g/mol. The maximum atomic E-state index is 9.03. The monoisotopic (exact) mass is 174 g/mol. The fourth-order valence-electron chi connectivity index (χ4n) is 1.39. The Labute approximate surface area is 75.9 Å². The summed E-state index contributed by atoms with van der Waals surface area (Å²) in [6, 6.07) is 0. The van der Waals surface area contributed by atoms with Gasteiger partial charge in [0.2, 0.25) is 0 Å². The summed E-state index contributed by atoms with van der Waals surface area (Å²) in [7, 11) is 0. The van der Waals surface area contributed by atoms with Crippen LogP contribution in [0, 0.1) is 5.92 Å². The third-order valence-corrected chi connectivity index (χ3v) is 1.73. The molecular formula is C10H22O2. The van der Waals surface area contributed by atoms with Gasteiger partial charge in [-0.05, 0) is 19.3 Å². The van der Waals surface area contributed by atoms with Crippen LogP contribution in [0.1, 0.15) is 47.0 Å². The molecule has 1 N–H and O–H groups in total. The highest BCUT2D eigenvalue weighted by Crippen LogP contribution is 2.22. The summed E-state index contributed by atoms with van der Waals surface area (Å²) < 4.78 is 5.11. The second-order valence-corrected chi connectivity index (χ2v) is 3.69. The van der Waals surface area contributed by atoms with Gasteiger partial charge in [0.25, 0.3) is 0 Å². The highest BCUT2D eigenvalue weighted by Gasteiger charge is 2.21. The zero-order valence-corrected chi connectivity index (χ0v) is 8.71. The van der Waals surface area contributed by atoms with Gasteiger partial charge in [-0.3, -0.25) is 0 Å². The summed E-state index contributed by atoms with van der Waals surface area (Å²) in [5.74, 6) is 0.615. The van der Waals surface area contributed by atoms with Gasteiger partial charge in [0.15, 0.2) is 6.29 Å². The van der Waals surface area contributed by atoms with Crippen molar-refractivity contribution in [3.05, 3.63) is 0 Å². The Bertz CT molecular complexity index is 79.0. The molecule has 2 nitrogen and oxygen atoms in total. The molecule has 0 aromatic carbocycles. The van der Waals surface area contributed by atoms with Crippen LogP contribution in [0.2, 0.25) is 0 Å². The maximum Gasteiger partial charge on any atom is 0.155 e. The smallest absolute Gasteiger partial charge is 0.155 e. The summed E-state index contributed by atoms with van der Waals surface area (Å²) in [4.78, 5) is 0. The van der Waals surface area contributed by atoms with Gasteiger partial charge in [-0.25, -0.2) is 0 Å². The van der Waals surface area contributed by atoms with E-state index in [0.717, 1.165) is 12.8 Å². The van der Waals surface area contributed by atoms with Crippen molar-refractivity contribution in [2.45, 2.75) is 59.4 Å². The van der Waals surface area contributed by atoms with Crippen molar-refractivity contribution < 1.29 is 9.84 Å². The zero-order valence-electron chi connectivity index (χ0n) is 8.71. The summed E-state index contributed by atoms with van der Waals surface area (Å²) >= 11 is 0. The lowest BCUT2D eigenvalue weighted by molar-refractivity contribution is -0.169. The van der Waals surface area contributed by atoms with Crippen LogP contribution in [0.15, 0.2) is 0 Å². The van der Waals surface area contributed by atoms with Crippen LogP contribution in [0.4, 0.5) is 0 Å². The average Bonchev–Trinajstić information content (AvgIpc) is 1.84. The van der Waals surface area contributed by atoms with Gasteiger partial charge in [0.1, 0.15) is 0 Å². The van der Waals surface area contributed by atoms with E-state index in [2.05, 4.69) is 20.8 Å². The first kappa shape index (κ1) is 11.9. The van der Waals surface area contributed by atoms with E-state index in [9.17, 15) is 0 Å². The topological polar surface area (TPSA) is 29.5 Å². The first-order chi connectivity index (χ1) is 5.60.